The number of nitrogens with one attached hydrogen (secondary N) is 2. The lowest BCUT2D eigenvalue weighted by molar-refractivity contribution is 0.102. The van der Waals surface area contributed by atoms with E-state index in [0.29, 0.717) is 46.3 Å². The Bertz CT molecular complexity index is 1420. The van der Waals surface area contributed by atoms with Crippen LogP contribution in [0.5, 0.6) is 5.75 Å². The van der Waals surface area contributed by atoms with Crippen molar-refractivity contribution in [3.05, 3.63) is 84.3 Å². The van der Waals surface area contributed by atoms with Crippen molar-refractivity contribution in [1.29, 1.82) is 0 Å². The molecule has 2 aromatic heterocycles. The van der Waals surface area contributed by atoms with Gasteiger partial charge in [0.15, 0.2) is 5.82 Å². The van der Waals surface area contributed by atoms with Crippen molar-refractivity contribution in [2.45, 2.75) is 6.54 Å². The van der Waals surface area contributed by atoms with Crippen LogP contribution in [-0.2, 0) is 6.54 Å². The third-order valence-electron chi connectivity index (χ3n) is 6.74. The third kappa shape index (κ3) is 6.20. The summed E-state index contributed by atoms with van der Waals surface area (Å²) in [5.74, 6) is 0.631. The number of ether oxygens (including phenoxy) is 1. The lowest BCUT2D eigenvalue weighted by Crippen LogP contribution is -2.50. The van der Waals surface area contributed by atoms with Crippen LogP contribution in [-0.4, -0.2) is 71.1 Å². The van der Waals surface area contributed by atoms with E-state index in [0.717, 1.165) is 37.3 Å². The quantitative estimate of drug-likeness (QED) is 0.298. The van der Waals surface area contributed by atoms with E-state index in [4.69, 9.17) is 15.5 Å². The molecule has 4 aromatic rings. The molecule has 10 nitrogen and oxygen atoms in total. The van der Waals surface area contributed by atoms with Gasteiger partial charge in [-0.2, -0.15) is 0 Å². The summed E-state index contributed by atoms with van der Waals surface area (Å²) in [6.45, 7) is 4.77. The number of nitrogens with zero attached hydrogens (tertiary/aromatic N) is 5. The number of carbonyl (C=O) groups is 1. The van der Waals surface area contributed by atoms with E-state index in [1.54, 1.807) is 43.9 Å². The Morgan fingerprint density at radius 1 is 1.03 bits per heavy atom. The van der Waals surface area contributed by atoms with Crippen molar-refractivity contribution >= 4 is 17.3 Å². The van der Waals surface area contributed by atoms with E-state index in [1.165, 1.54) is 0 Å². The van der Waals surface area contributed by atoms with Crippen LogP contribution in [0.3, 0.4) is 0 Å². The number of benzene rings is 2. The van der Waals surface area contributed by atoms with Gasteiger partial charge in [0.1, 0.15) is 5.75 Å². The second-order valence-electron chi connectivity index (χ2n) is 9.39. The van der Waals surface area contributed by atoms with Gasteiger partial charge in [-0.15, -0.1) is 0 Å². The van der Waals surface area contributed by atoms with E-state index in [1.807, 2.05) is 36.4 Å². The van der Waals surface area contributed by atoms with E-state index < -0.39 is 0 Å². The van der Waals surface area contributed by atoms with Crippen LogP contribution >= 0.6 is 0 Å². The highest BCUT2D eigenvalue weighted by Gasteiger charge is 2.19. The number of piperazine rings is 1. The third-order valence-corrected chi connectivity index (χ3v) is 6.74. The molecule has 1 aliphatic heterocycles. The molecule has 0 saturated carbocycles. The Labute approximate surface area is 227 Å². The summed E-state index contributed by atoms with van der Waals surface area (Å²) in [6, 6.07) is 16.6. The van der Waals surface area contributed by atoms with Crippen LogP contribution in [0.15, 0.2) is 73.2 Å². The van der Waals surface area contributed by atoms with Gasteiger partial charge in [0.25, 0.3) is 5.91 Å². The Morgan fingerprint density at radius 3 is 2.54 bits per heavy atom. The maximum atomic E-state index is 13.1. The van der Waals surface area contributed by atoms with Crippen molar-refractivity contribution in [2.75, 3.05) is 51.4 Å². The van der Waals surface area contributed by atoms with Crippen LogP contribution in [0.25, 0.3) is 22.6 Å². The van der Waals surface area contributed by atoms with Crippen LogP contribution in [0.1, 0.15) is 15.9 Å². The van der Waals surface area contributed by atoms with Gasteiger partial charge in [-0.1, -0.05) is 12.1 Å². The predicted molar refractivity (Wildman–Crippen MR) is 152 cm³/mol. The second kappa shape index (κ2) is 12.0. The van der Waals surface area contributed by atoms with Crippen molar-refractivity contribution in [2.24, 2.45) is 0 Å². The molecule has 1 aliphatic rings. The molecule has 0 aliphatic carbocycles. The standard InChI is InChI=1S/C29H32N8O2/c1-36-14-16-37(17-15-36)33-18-20-5-7-21(8-6-20)29(38)35-24-9-10-25(39-2)26(27(24)30)28-32-13-11-23(34-28)22-4-3-12-31-19-22/h3-13,19,33H,14-18,30H2,1-2H3,(H,35,38). The highest BCUT2D eigenvalue weighted by atomic mass is 16.5. The Balaban J connectivity index is 1.31. The fourth-order valence-electron chi connectivity index (χ4n) is 4.40. The van der Waals surface area contributed by atoms with Crippen LogP contribution in [0.2, 0.25) is 0 Å². The van der Waals surface area contributed by atoms with Crippen molar-refractivity contribution in [3.63, 3.8) is 0 Å². The van der Waals surface area contributed by atoms with Gasteiger partial charge in [-0.05, 0) is 55.1 Å². The number of aromatic nitrogens is 3. The Hall–Kier alpha value is -4.38. The maximum Gasteiger partial charge on any atom is 0.255 e. The summed E-state index contributed by atoms with van der Waals surface area (Å²) in [6.07, 6.45) is 5.10. The van der Waals surface area contributed by atoms with Crippen LogP contribution < -0.4 is 21.2 Å². The highest BCUT2D eigenvalue weighted by Crippen LogP contribution is 2.38. The molecule has 0 spiro atoms. The molecule has 2 aromatic carbocycles. The first-order valence-corrected chi connectivity index (χ1v) is 12.8. The van der Waals surface area contributed by atoms with Gasteiger partial charge < -0.3 is 20.7 Å². The molecule has 39 heavy (non-hydrogen) atoms. The number of rotatable bonds is 8. The SMILES string of the molecule is COc1ccc(NC(=O)c2ccc(CNN3CCN(C)CC3)cc2)c(N)c1-c1nccc(-c2cccnc2)n1. The summed E-state index contributed by atoms with van der Waals surface area (Å²) < 4.78 is 5.56. The molecule has 200 valence electrons. The molecule has 5 rings (SSSR count). The van der Waals surface area contributed by atoms with Crippen LogP contribution in [0, 0.1) is 0 Å². The maximum absolute atomic E-state index is 13.1. The normalized spacial score (nSPS) is 14.2. The van der Waals surface area contributed by atoms with E-state index in [9.17, 15) is 4.79 Å². The minimum Gasteiger partial charge on any atom is -0.496 e. The number of likely N-dealkylation sites (N-methyl/N-ethyl adjacent to an activating group) is 1. The molecule has 4 N–H and O–H groups in total. The molecule has 0 atom stereocenters. The number of hydrogen-bond donors (Lipinski definition) is 3. The fraction of sp³-hybridized carbons (Fsp3) is 0.241. The molecular formula is C29H32N8O2. The lowest BCUT2D eigenvalue weighted by Gasteiger charge is -2.32. The van der Waals surface area contributed by atoms with Gasteiger partial charge in [-0.25, -0.2) is 15.0 Å². The number of anilines is 2. The summed E-state index contributed by atoms with van der Waals surface area (Å²) >= 11 is 0. The topological polar surface area (TPSA) is 122 Å². The van der Waals surface area contributed by atoms with Crippen molar-refractivity contribution < 1.29 is 9.53 Å². The number of methoxy groups -OCH3 is 1. The lowest BCUT2D eigenvalue weighted by atomic mass is 10.1. The summed E-state index contributed by atoms with van der Waals surface area (Å²) in [4.78, 5) is 28.7. The molecule has 3 heterocycles. The average Bonchev–Trinajstić information content (AvgIpc) is 2.98. The number of amides is 1. The first kappa shape index (κ1) is 26.2. The minimum atomic E-state index is -0.263. The summed E-state index contributed by atoms with van der Waals surface area (Å²) in [5.41, 5.74) is 14.5. The van der Waals surface area contributed by atoms with Gasteiger partial charge >= 0.3 is 0 Å². The van der Waals surface area contributed by atoms with E-state index in [-0.39, 0.29) is 5.91 Å². The largest absolute Gasteiger partial charge is 0.496 e. The molecule has 0 unspecified atom stereocenters. The first-order chi connectivity index (χ1) is 19.0. The number of nitrogens with two attached hydrogens (primary N) is 1. The average molecular weight is 525 g/mol. The summed E-state index contributed by atoms with van der Waals surface area (Å²) in [7, 11) is 3.69. The smallest absolute Gasteiger partial charge is 0.255 e. The van der Waals surface area contributed by atoms with Crippen molar-refractivity contribution in [3.8, 4) is 28.4 Å². The van der Waals surface area contributed by atoms with Crippen LogP contribution in [0.4, 0.5) is 11.4 Å². The minimum absolute atomic E-state index is 0.263. The van der Waals surface area contributed by atoms with Gasteiger partial charge in [0, 0.05) is 62.4 Å². The second-order valence-corrected chi connectivity index (χ2v) is 9.39. The predicted octanol–water partition coefficient (Wildman–Crippen LogP) is 3.30. The number of hydrazine groups is 1. The van der Waals surface area contributed by atoms with Crippen molar-refractivity contribution in [1.82, 2.24) is 30.3 Å². The zero-order valence-electron chi connectivity index (χ0n) is 22.1. The molecule has 1 amide bonds. The molecule has 0 bridgehead atoms. The van der Waals surface area contributed by atoms with E-state index in [2.05, 4.69) is 37.7 Å². The zero-order chi connectivity index (χ0) is 27.2. The van der Waals surface area contributed by atoms with Gasteiger partial charge in [0.05, 0.1) is 29.7 Å². The monoisotopic (exact) mass is 524 g/mol. The Morgan fingerprint density at radius 2 is 1.82 bits per heavy atom. The molecule has 0 radical (unpaired) electrons. The number of carbonyl (C=O) groups excluding carboxylic acids is 1. The summed E-state index contributed by atoms with van der Waals surface area (Å²) in [5, 5.41) is 5.16. The molecular weight excluding hydrogens is 492 g/mol. The van der Waals surface area contributed by atoms with Gasteiger partial charge in [0.2, 0.25) is 0 Å². The first-order valence-electron chi connectivity index (χ1n) is 12.8. The molecule has 1 saturated heterocycles. The zero-order valence-corrected chi connectivity index (χ0v) is 22.1. The van der Waals surface area contributed by atoms with E-state index >= 15 is 0 Å². The number of nitrogen functional groups attached to an aromatic ring is 1. The fourth-order valence-corrected chi connectivity index (χ4v) is 4.40. The number of pyridine rings is 1. The van der Waals surface area contributed by atoms with Gasteiger partial charge in [-0.3, -0.25) is 15.2 Å². The molecule has 1 fully saturated rings. The Kier molecular flexibility index (Phi) is 8.07. The highest BCUT2D eigenvalue weighted by molar-refractivity contribution is 6.07. The number of hydrogen-bond acceptors (Lipinski definition) is 9. The molecule has 10 heteroatoms.